The Morgan fingerprint density at radius 2 is 1.45 bits per heavy atom. The van der Waals surface area contributed by atoms with Crippen molar-refractivity contribution in [3.8, 4) is 12.1 Å². The molecule has 1 aliphatic rings. The average molecular weight is 148 g/mol. The first-order valence-electron chi connectivity index (χ1n) is 4.10. The third-order valence-electron chi connectivity index (χ3n) is 2.41. The summed E-state index contributed by atoms with van der Waals surface area (Å²) in [6, 6.07) is 4.38. The van der Waals surface area contributed by atoms with Crippen molar-refractivity contribution in [3.63, 3.8) is 0 Å². The zero-order valence-electron chi connectivity index (χ0n) is 6.58. The summed E-state index contributed by atoms with van der Waals surface area (Å²) < 4.78 is 0. The predicted octanol–water partition coefficient (Wildman–Crippen LogP) is 2.23. The third kappa shape index (κ3) is 2.24. The van der Waals surface area contributed by atoms with Crippen molar-refractivity contribution in [2.24, 2.45) is 11.8 Å². The highest BCUT2D eigenvalue weighted by atomic mass is 14.3. The van der Waals surface area contributed by atoms with Crippen LogP contribution in [0.3, 0.4) is 0 Å². The van der Waals surface area contributed by atoms with E-state index in [1.165, 1.54) is 0 Å². The second-order valence-electron chi connectivity index (χ2n) is 3.27. The average Bonchev–Trinajstić information content (AvgIpc) is 2.38. The van der Waals surface area contributed by atoms with Crippen molar-refractivity contribution in [1.82, 2.24) is 0 Å². The summed E-state index contributed by atoms with van der Waals surface area (Å²) in [7, 11) is 0. The van der Waals surface area contributed by atoms with Crippen molar-refractivity contribution in [3.05, 3.63) is 0 Å². The summed E-state index contributed by atoms with van der Waals surface area (Å²) in [6.07, 6.45) is 4.77. The molecule has 0 aromatic rings. The van der Waals surface area contributed by atoms with E-state index in [9.17, 15) is 0 Å². The molecule has 0 radical (unpaired) electrons. The van der Waals surface area contributed by atoms with Crippen molar-refractivity contribution < 1.29 is 0 Å². The molecule has 0 aliphatic heterocycles. The molecular formula is C9H12N2. The fourth-order valence-electron chi connectivity index (χ4n) is 1.81. The van der Waals surface area contributed by atoms with Crippen LogP contribution in [0, 0.1) is 34.5 Å². The number of hydrogen-bond donors (Lipinski definition) is 0. The molecule has 0 heterocycles. The van der Waals surface area contributed by atoms with Gasteiger partial charge < -0.3 is 0 Å². The van der Waals surface area contributed by atoms with Crippen LogP contribution in [0.1, 0.15) is 32.1 Å². The molecule has 0 bridgehead atoms. The summed E-state index contributed by atoms with van der Waals surface area (Å²) in [4.78, 5) is 0. The Morgan fingerprint density at radius 1 is 1.00 bits per heavy atom. The third-order valence-corrected chi connectivity index (χ3v) is 2.41. The molecule has 2 heteroatoms. The highest BCUT2D eigenvalue weighted by Gasteiger charge is 2.23. The standard InChI is InChI=1S/C9H12N2/c10-5-3-8-1-2-9(7-8)4-6-11/h8-9H,1-4,7H2/t8-,9+. The fourth-order valence-corrected chi connectivity index (χ4v) is 1.81. The lowest BCUT2D eigenvalue weighted by Crippen LogP contribution is -1.94. The Hall–Kier alpha value is -1.02. The van der Waals surface area contributed by atoms with E-state index in [2.05, 4.69) is 12.1 Å². The van der Waals surface area contributed by atoms with Gasteiger partial charge in [0.05, 0.1) is 12.1 Å². The molecule has 1 saturated carbocycles. The van der Waals surface area contributed by atoms with Gasteiger partial charge in [0.25, 0.3) is 0 Å². The second kappa shape index (κ2) is 3.98. The van der Waals surface area contributed by atoms with Crippen molar-refractivity contribution >= 4 is 0 Å². The minimum absolute atomic E-state index is 0.582. The first-order valence-corrected chi connectivity index (χ1v) is 4.10. The van der Waals surface area contributed by atoms with E-state index >= 15 is 0 Å². The van der Waals surface area contributed by atoms with E-state index < -0.39 is 0 Å². The number of nitrogens with zero attached hydrogens (tertiary/aromatic N) is 2. The fraction of sp³-hybridized carbons (Fsp3) is 0.778. The molecular weight excluding hydrogens is 136 g/mol. The maximum absolute atomic E-state index is 8.43. The lowest BCUT2D eigenvalue weighted by atomic mass is 10.0. The Morgan fingerprint density at radius 3 is 1.82 bits per heavy atom. The van der Waals surface area contributed by atoms with E-state index in [4.69, 9.17) is 10.5 Å². The highest BCUT2D eigenvalue weighted by molar-refractivity contribution is 4.86. The SMILES string of the molecule is N#CC[C@@H]1CC[C@H](CC#N)C1. The van der Waals surface area contributed by atoms with E-state index in [1.54, 1.807) is 0 Å². The monoisotopic (exact) mass is 148 g/mol. The Balaban J connectivity index is 2.25. The van der Waals surface area contributed by atoms with E-state index in [0.29, 0.717) is 24.7 Å². The van der Waals surface area contributed by atoms with Crippen molar-refractivity contribution in [2.45, 2.75) is 32.1 Å². The smallest absolute Gasteiger partial charge is 0.0624 e. The zero-order chi connectivity index (χ0) is 8.10. The molecule has 0 unspecified atom stereocenters. The molecule has 58 valence electrons. The quantitative estimate of drug-likeness (QED) is 0.602. The first-order chi connectivity index (χ1) is 5.36. The lowest BCUT2D eigenvalue weighted by Gasteiger charge is -2.02. The number of nitriles is 2. The molecule has 1 rings (SSSR count). The molecule has 0 amide bonds. The van der Waals surface area contributed by atoms with Crippen LogP contribution >= 0.6 is 0 Å². The second-order valence-corrected chi connectivity index (χ2v) is 3.27. The molecule has 0 aromatic carbocycles. The summed E-state index contributed by atoms with van der Waals surface area (Å²) in [5.74, 6) is 1.16. The van der Waals surface area contributed by atoms with Crippen LogP contribution in [-0.2, 0) is 0 Å². The lowest BCUT2D eigenvalue weighted by molar-refractivity contribution is 0.505. The van der Waals surface area contributed by atoms with E-state index in [-0.39, 0.29) is 0 Å². The van der Waals surface area contributed by atoms with Crippen molar-refractivity contribution in [2.75, 3.05) is 0 Å². The minimum atomic E-state index is 0.582. The van der Waals surface area contributed by atoms with Gasteiger partial charge in [-0.05, 0) is 31.1 Å². The number of hydrogen-bond acceptors (Lipinski definition) is 2. The molecule has 1 aliphatic carbocycles. The molecule has 0 aromatic heterocycles. The van der Waals surface area contributed by atoms with Gasteiger partial charge in [0.15, 0.2) is 0 Å². The molecule has 0 saturated heterocycles. The van der Waals surface area contributed by atoms with Gasteiger partial charge in [0.1, 0.15) is 0 Å². The minimum Gasteiger partial charge on any atom is -0.198 e. The molecule has 2 atom stereocenters. The zero-order valence-corrected chi connectivity index (χ0v) is 6.58. The normalized spacial score (nSPS) is 29.3. The van der Waals surface area contributed by atoms with E-state index in [1.807, 2.05) is 0 Å². The van der Waals surface area contributed by atoms with Gasteiger partial charge in [-0.15, -0.1) is 0 Å². The molecule has 0 spiro atoms. The maximum atomic E-state index is 8.43. The Bertz CT molecular complexity index is 175. The highest BCUT2D eigenvalue weighted by Crippen LogP contribution is 2.34. The van der Waals surface area contributed by atoms with E-state index in [0.717, 1.165) is 19.3 Å². The summed E-state index contributed by atoms with van der Waals surface area (Å²) in [5.41, 5.74) is 0. The van der Waals surface area contributed by atoms with Crippen LogP contribution in [0.15, 0.2) is 0 Å². The van der Waals surface area contributed by atoms with Crippen LogP contribution in [0.4, 0.5) is 0 Å². The van der Waals surface area contributed by atoms with Gasteiger partial charge in [0.2, 0.25) is 0 Å². The first kappa shape index (κ1) is 8.08. The van der Waals surface area contributed by atoms with Gasteiger partial charge >= 0.3 is 0 Å². The number of rotatable bonds is 2. The summed E-state index contributed by atoms with van der Waals surface area (Å²) in [5, 5.41) is 16.9. The van der Waals surface area contributed by atoms with Crippen LogP contribution < -0.4 is 0 Å². The molecule has 11 heavy (non-hydrogen) atoms. The van der Waals surface area contributed by atoms with Gasteiger partial charge in [-0.1, -0.05) is 0 Å². The predicted molar refractivity (Wildman–Crippen MR) is 41.3 cm³/mol. The summed E-state index contributed by atoms with van der Waals surface area (Å²) >= 11 is 0. The van der Waals surface area contributed by atoms with Gasteiger partial charge in [0, 0.05) is 12.8 Å². The van der Waals surface area contributed by atoms with Gasteiger partial charge in [-0.2, -0.15) is 10.5 Å². The van der Waals surface area contributed by atoms with Gasteiger partial charge in [-0.3, -0.25) is 0 Å². The van der Waals surface area contributed by atoms with Gasteiger partial charge in [-0.25, -0.2) is 0 Å². The maximum Gasteiger partial charge on any atom is 0.0624 e. The molecule has 2 nitrogen and oxygen atoms in total. The van der Waals surface area contributed by atoms with Crippen molar-refractivity contribution in [1.29, 1.82) is 10.5 Å². The molecule has 1 fully saturated rings. The van der Waals surface area contributed by atoms with Crippen LogP contribution in [0.2, 0.25) is 0 Å². The van der Waals surface area contributed by atoms with Crippen LogP contribution in [-0.4, -0.2) is 0 Å². The van der Waals surface area contributed by atoms with Crippen LogP contribution in [0.5, 0.6) is 0 Å². The largest absolute Gasteiger partial charge is 0.198 e. The Kier molecular flexibility index (Phi) is 2.93. The van der Waals surface area contributed by atoms with Crippen LogP contribution in [0.25, 0.3) is 0 Å². The molecule has 0 N–H and O–H groups in total. The summed E-state index contributed by atoms with van der Waals surface area (Å²) in [6.45, 7) is 0. The topological polar surface area (TPSA) is 47.6 Å². The Labute approximate surface area is 67.4 Å².